The Kier molecular flexibility index (Phi) is 2.44. The van der Waals surface area contributed by atoms with Gasteiger partial charge in [0.25, 0.3) is 0 Å². The first-order chi connectivity index (χ1) is 5.84. The molecule has 0 heterocycles. The summed E-state index contributed by atoms with van der Waals surface area (Å²) in [6.45, 7) is 0. The number of hydrogen-bond donors (Lipinski definition) is 2. The molecule has 0 aliphatic heterocycles. The third-order valence-electron chi connectivity index (χ3n) is 1.65. The number of alkyl halides is 3. The van der Waals surface area contributed by atoms with Crippen LogP contribution in [0.1, 0.15) is 0 Å². The average molecular weight is 198 g/mol. The second kappa shape index (κ2) is 3.12. The summed E-state index contributed by atoms with van der Waals surface area (Å²) in [6.07, 6.45) is -8.23. The van der Waals surface area contributed by atoms with Gasteiger partial charge >= 0.3 is 6.18 Å². The Bertz CT molecular complexity index is 266. The maximum atomic E-state index is 12.4. The minimum atomic E-state index is -4.75. The van der Waals surface area contributed by atoms with Crippen molar-refractivity contribution in [3.8, 4) is 0 Å². The molecule has 74 valence electrons. The second-order valence-electron chi connectivity index (χ2n) is 2.56. The Morgan fingerprint density at radius 1 is 1.08 bits per heavy atom. The van der Waals surface area contributed by atoms with Gasteiger partial charge < -0.3 is 10.2 Å². The Morgan fingerprint density at radius 3 is 2.08 bits per heavy atom. The van der Waals surface area contributed by atoms with E-state index in [0.29, 0.717) is 12.2 Å². The van der Waals surface area contributed by atoms with Crippen LogP contribution in [0.25, 0.3) is 0 Å². The van der Waals surface area contributed by atoms with Crippen LogP contribution in [0.4, 0.5) is 17.6 Å². The van der Waals surface area contributed by atoms with Crippen LogP contribution < -0.4 is 0 Å². The number of hydrogen-bond acceptors (Lipinski definition) is 2. The third-order valence-corrected chi connectivity index (χ3v) is 1.65. The maximum absolute atomic E-state index is 12.4. The van der Waals surface area contributed by atoms with Crippen molar-refractivity contribution in [1.29, 1.82) is 0 Å². The van der Waals surface area contributed by atoms with Gasteiger partial charge in [-0.3, -0.25) is 0 Å². The van der Waals surface area contributed by atoms with Gasteiger partial charge in [0, 0.05) is 0 Å². The standard InChI is InChI=1S/C7H6F4O2/c8-4-2-1-3(7(9,10)11)5(12)6(4)13/h1-2,5-6,12-13H/t5-,6+/m1/s1. The van der Waals surface area contributed by atoms with Crippen LogP contribution in [0.5, 0.6) is 0 Å². The van der Waals surface area contributed by atoms with Crippen molar-refractivity contribution < 1.29 is 27.8 Å². The van der Waals surface area contributed by atoms with Crippen molar-refractivity contribution in [3.63, 3.8) is 0 Å². The van der Waals surface area contributed by atoms with Crippen LogP contribution in [0.15, 0.2) is 23.6 Å². The zero-order chi connectivity index (χ0) is 10.2. The molecule has 0 radical (unpaired) electrons. The summed E-state index contributed by atoms with van der Waals surface area (Å²) < 4.78 is 48.4. The Morgan fingerprint density at radius 2 is 1.62 bits per heavy atom. The lowest BCUT2D eigenvalue weighted by Crippen LogP contribution is -2.36. The first-order valence-electron chi connectivity index (χ1n) is 3.34. The van der Waals surface area contributed by atoms with Crippen molar-refractivity contribution in [2.75, 3.05) is 0 Å². The lowest BCUT2D eigenvalue weighted by Gasteiger charge is -2.23. The molecular weight excluding hydrogens is 192 g/mol. The van der Waals surface area contributed by atoms with Crippen LogP contribution in [0, 0.1) is 0 Å². The van der Waals surface area contributed by atoms with Gasteiger partial charge in [0.05, 0.1) is 5.57 Å². The molecule has 0 aromatic carbocycles. The molecule has 2 nitrogen and oxygen atoms in total. The highest BCUT2D eigenvalue weighted by atomic mass is 19.4. The molecule has 1 aliphatic rings. The fourth-order valence-corrected chi connectivity index (χ4v) is 0.950. The zero-order valence-electron chi connectivity index (χ0n) is 6.22. The van der Waals surface area contributed by atoms with Crippen molar-refractivity contribution in [1.82, 2.24) is 0 Å². The van der Waals surface area contributed by atoms with Crippen molar-refractivity contribution >= 4 is 0 Å². The SMILES string of the molecule is O[C@@H]1C(C(F)(F)F)=CC=C(F)[C@@H]1O. The predicted octanol–water partition coefficient (Wildman–Crippen LogP) is 1.06. The molecule has 0 bridgehead atoms. The van der Waals surface area contributed by atoms with E-state index in [1.165, 1.54) is 0 Å². The highest BCUT2D eigenvalue weighted by Gasteiger charge is 2.43. The Labute approximate surface area is 70.8 Å². The monoisotopic (exact) mass is 198 g/mol. The van der Waals surface area contributed by atoms with Gasteiger partial charge in [-0.1, -0.05) is 0 Å². The van der Waals surface area contributed by atoms with Gasteiger partial charge in [-0.15, -0.1) is 0 Å². The molecular formula is C7H6F4O2. The third kappa shape index (κ3) is 1.89. The molecule has 0 fully saturated rings. The second-order valence-corrected chi connectivity index (χ2v) is 2.56. The first kappa shape index (κ1) is 10.2. The smallest absolute Gasteiger partial charge is 0.385 e. The molecule has 1 rings (SSSR count). The van der Waals surface area contributed by atoms with E-state index in [0.717, 1.165) is 0 Å². The Balaban J connectivity index is 3.01. The van der Waals surface area contributed by atoms with Crippen molar-refractivity contribution in [2.45, 2.75) is 18.4 Å². The first-order valence-corrected chi connectivity index (χ1v) is 3.34. The summed E-state index contributed by atoms with van der Waals surface area (Å²) in [6, 6.07) is 0. The van der Waals surface area contributed by atoms with Gasteiger partial charge in [-0.2, -0.15) is 13.2 Å². The number of aliphatic hydroxyl groups excluding tert-OH is 2. The lowest BCUT2D eigenvalue weighted by molar-refractivity contribution is -0.114. The Hall–Kier alpha value is -0.880. The predicted molar refractivity (Wildman–Crippen MR) is 35.3 cm³/mol. The molecule has 0 saturated heterocycles. The molecule has 0 unspecified atom stereocenters. The summed E-state index contributed by atoms with van der Waals surface area (Å²) >= 11 is 0. The summed E-state index contributed by atoms with van der Waals surface area (Å²) in [7, 11) is 0. The van der Waals surface area contributed by atoms with E-state index in [2.05, 4.69) is 0 Å². The summed E-state index contributed by atoms with van der Waals surface area (Å²) in [5.74, 6) is -1.18. The van der Waals surface area contributed by atoms with E-state index in [1.807, 2.05) is 0 Å². The van der Waals surface area contributed by atoms with Crippen molar-refractivity contribution in [3.05, 3.63) is 23.6 Å². The molecule has 0 amide bonds. The largest absolute Gasteiger partial charge is 0.415 e. The van der Waals surface area contributed by atoms with Crippen LogP contribution in [0.3, 0.4) is 0 Å². The van der Waals surface area contributed by atoms with Crippen LogP contribution >= 0.6 is 0 Å². The molecule has 0 aromatic rings. The van der Waals surface area contributed by atoms with E-state index < -0.39 is 29.8 Å². The number of halogens is 4. The molecule has 13 heavy (non-hydrogen) atoms. The minimum absolute atomic E-state index is 0.409. The topological polar surface area (TPSA) is 40.5 Å². The fourth-order valence-electron chi connectivity index (χ4n) is 0.950. The van der Waals surface area contributed by atoms with Crippen LogP contribution in [-0.4, -0.2) is 28.6 Å². The van der Waals surface area contributed by atoms with E-state index in [9.17, 15) is 17.6 Å². The highest BCUT2D eigenvalue weighted by Crippen LogP contribution is 2.33. The molecule has 2 atom stereocenters. The molecule has 2 N–H and O–H groups in total. The molecule has 0 spiro atoms. The average Bonchev–Trinajstić information content (AvgIpc) is 1.98. The number of aliphatic hydroxyl groups is 2. The maximum Gasteiger partial charge on any atom is 0.415 e. The fraction of sp³-hybridized carbons (Fsp3) is 0.429. The summed E-state index contributed by atoms with van der Waals surface area (Å²) in [5, 5.41) is 17.6. The number of allylic oxidation sites excluding steroid dienone is 2. The molecule has 6 heteroatoms. The summed E-state index contributed by atoms with van der Waals surface area (Å²) in [5.41, 5.74) is -1.35. The van der Waals surface area contributed by atoms with Gasteiger partial charge in [0.2, 0.25) is 0 Å². The quantitative estimate of drug-likeness (QED) is 0.571. The highest BCUT2D eigenvalue weighted by molar-refractivity contribution is 5.31. The molecule has 0 saturated carbocycles. The molecule has 1 aliphatic carbocycles. The van der Waals surface area contributed by atoms with E-state index in [1.54, 1.807) is 0 Å². The van der Waals surface area contributed by atoms with Crippen molar-refractivity contribution in [2.24, 2.45) is 0 Å². The van der Waals surface area contributed by atoms with Crippen LogP contribution in [0.2, 0.25) is 0 Å². The van der Waals surface area contributed by atoms with Gasteiger partial charge in [0.1, 0.15) is 18.0 Å². The lowest BCUT2D eigenvalue weighted by atomic mass is 9.98. The summed E-state index contributed by atoms with van der Waals surface area (Å²) in [4.78, 5) is 0. The minimum Gasteiger partial charge on any atom is -0.385 e. The van der Waals surface area contributed by atoms with Crippen LogP contribution in [-0.2, 0) is 0 Å². The van der Waals surface area contributed by atoms with Gasteiger partial charge in [-0.25, -0.2) is 4.39 Å². The molecule has 0 aromatic heterocycles. The zero-order valence-corrected chi connectivity index (χ0v) is 6.22. The number of rotatable bonds is 0. The van der Waals surface area contributed by atoms with E-state index >= 15 is 0 Å². The van der Waals surface area contributed by atoms with E-state index in [-0.39, 0.29) is 0 Å². The normalized spacial score (nSPS) is 29.7. The van der Waals surface area contributed by atoms with Gasteiger partial charge in [0.15, 0.2) is 0 Å². The van der Waals surface area contributed by atoms with Gasteiger partial charge in [-0.05, 0) is 12.2 Å². The van der Waals surface area contributed by atoms with E-state index in [4.69, 9.17) is 10.2 Å².